The summed E-state index contributed by atoms with van der Waals surface area (Å²) in [5, 5.41) is 0. The number of sulfonamides is 1. The number of halogens is 1. The second-order valence-electron chi connectivity index (χ2n) is 3.93. The van der Waals surface area contributed by atoms with Crippen molar-refractivity contribution < 1.29 is 17.0 Å². The Kier molecular flexibility index (Phi) is 3.69. The van der Waals surface area contributed by atoms with E-state index in [1.54, 1.807) is 0 Å². The fraction of sp³-hybridized carbons (Fsp3) is 0.400. The molecule has 0 saturated carbocycles. The minimum absolute atomic E-state index is 0.100. The maximum absolute atomic E-state index is 12.9. The van der Waals surface area contributed by atoms with E-state index in [2.05, 4.69) is 0 Å². The van der Waals surface area contributed by atoms with Crippen LogP contribution in [0.1, 0.15) is 0 Å². The SMILES string of the molecule is Nc1cc(F)ccc1S(=O)(=O)N1CCS(=O)CC1. The van der Waals surface area contributed by atoms with Crippen LogP contribution in [0.15, 0.2) is 23.1 Å². The van der Waals surface area contributed by atoms with E-state index < -0.39 is 26.6 Å². The molecule has 1 aliphatic heterocycles. The van der Waals surface area contributed by atoms with Crippen LogP contribution in [-0.4, -0.2) is 41.5 Å². The fourth-order valence-corrected chi connectivity index (χ4v) is 4.58. The summed E-state index contributed by atoms with van der Waals surface area (Å²) in [4.78, 5) is -0.100. The molecule has 0 radical (unpaired) electrons. The van der Waals surface area contributed by atoms with Crippen LogP contribution in [-0.2, 0) is 20.8 Å². The lowest BCUT2D eigenvalue weighted by atomic mass is 10.3. The monoisotopic (exact) mass is 292 g/mol. The zero-order valence-corrected chi connectivity index (χ0v) is 11.1. The van der Waals surface area contributed by atoms with Crippen molar-refractivity contribution in [3.63, 3.8) is 0 Å². The smallest absolute Gasteiger partial charge is 0.245 e. The van der Waals surface area contributed by atoms with E-state index in [0.717, 1.165) is 18.2 Å². The molecule has 1 aromatic carbocycles. The lowest BCUT2D eigenvalue weighted by Crippen LogP contribution is -2.41. The molecule has 5 nitrogen and oxygen atoms in total. The van der Waals surface area contributed by atoms with Crippen molar-refractivity contribution >= 4 is 26.5 Å². The van der Waals surface area contributed by atoms with Crippen molar-refractivity contribution in [1.29, 1.82) is 0 Å². The molecule has 0 bridgehead atoms. The first-order valence-corrected chi connectivity index (χ1v) is 8.24. The number of hydrogen-bond acceptors (Lipinski definition) is 4. The number of benzene rings is 1. The van der Waals surface area contributed by atoms with Crippen LogP contribution in [0.3, 0.4) is 0 Å². The van der Waals surface area contributed by atoms with Crippen LogP contribution in [0, 0.1) is 5.82 Å². The zero-order valence-electron chi connectivity index (χ0n) is 9.50. The summed E-state index contributed by atoms with van der Waals surface area (Å²) in [6.07, 6.45) is 0. The molecule has 8 heteroatoms. The van der Waals surface area contributed by atoms with E-state index in [0.29, 0.717) is 11.5 Å². The van der Waals surface area contributed by atoms with Gasteiger partial charge in [-0.25, -0.2) is 12.8 Å². The van der Waals surface area contributed by atoms with Gasteiger partial charge < -0.3 is 5.73 Å². The second kappa shape index (κ2) is 4.94. The van der Waals surface area contributed by atoms with Crippen molar-refractivity contribution in [3.05, 3.63) is 24.0 Å². The molecule has 0 spiro atoms. The van der Waals surface area contributed by atoms with Gasteiger partial charge in [0.1, 0.15) is 10.7 Å². The molecule has 2 N–H and O–H groups in total. The number of nitrogens with two attached hydrogens (primary N) is 1. The highest BCUT2D eigenvalue weighted by atomic mass is 32.2. The van der Waals surface area contributed by atoms with E-state index >= 15 is 0 Å². The highest BCUT2D eigenvalue weighted by Gasteiger charge is 2.29. The Morgan fingerprint density at radius 1 is 1.28 bits per heavy atom. The molecule has 2 rings (SSSR count). The summed E-state index contributed by atoms with van der Waals surface area (Å²) in [5.74, 6) is 0.0619. The quantitative estimate of drug-likeness (QED) is 0.787. The van der Waals surface area contributed by atoms with Crippen LogP contribution >= 0.6 is 0 Å². The number of rotatable bonds is 2. The van der Waals surface area contributed by atoms with Gasteiger partial charge in [-0.2, -0.15) is 4.31 Å². The first-order chi connectivity index (χ1) is 8.41. The van der Waals surface area contributed by atoms with Gasteiger partial charge in [0.25, 0.3) is 0 Å². The third-order valence-corrected chi connectivity index (χ3v) is 5.97. The van der Waals surface area contributed by atoms with Gasteiger partial charge in [-0.3, -0.25) is 4.21 Å². The van der Waals surface area contributed by atoms with E-state index in [-0.39, 0.29) is 23.7 Å². The van der Waals surface area contributed by atoms with Gasteiger partial charge in [0.2, 0.25) is 10.0 Å². The molecule has 1 fully saturated rings. The molecule has 0 amide bonds. The predicted molar refractivity (Wildman–Crippen MR) is 67.4 cm³/mol. The van der Waals surface area contributed by atoms with Gasteiger partial charge in [-0.1, -0.05) is 0 Å². The summed E-state index contributed by atoms with van der Waals surface area (Å²) in [5.41, 5.74) is 5.43. The Hall–Kier alpha value is -0.990. The molecule has 1 aliphatic rings. The molecule has 1 aromatic rings. The van der Waals surface area contributed by atoms with Gasteiger partial charge >= 0.3 is 0 Å². The van der Waals surface area contributed by atoms with Crippen molar-refractivity contribution in [2.75, 3.05) is 30.3 Å². The van der Waals surface area contributed by atoms with Gasteiger partial charge in [0.15, 0.2) is 0 Å². The van der Waals surface area contributed by atoms with Gasteiger partial charge in [-0.05, 0) is 18.2 Å². The fourth-order valence-electron chi connectivity index (χ4n) is 1.75. The molecule has 100 valence electrons. The van der Waals surface area contributed by atoms with Crippen LogP contribution in [0.25, 0.3) is 0 Å². The number of hydrogen-bond donors (Lipinski definition) is 1. The molecule has 0 atom stereocenters. The molecular formula is C10H13FN2O3S2. The molecule has 0 aliphatic carbocycles. The van der Waals surface area contributed by atoms with Crippen LogP contribution < -0.4 is 5.73 Å². The average Bonchev–Trinajstić information content (AvgIpc) is 2.29. The first-order valence-electron chi connectivity index (χ1n) is 5.31. The van der Waals surface area contributed by atoms with E-state index in [4.69, 9.17) is 5.73 Å². The third kappa shape index (κ3) is 2.55. The molecule has 0 aromatic heterocycles. The Balaban J connectivity index is 2.33. The highest BCUT2D eigenvalue weighted by Crippen LogP contribution is 2.23. The predicted octanol–water partition coefficient (Wildman–Crippen LogP) is 0.161. The van der Waals surface area contributed by atoms with Gasteiger partial charge in [0, 0.05) is 35.4 Å². The lowest BCUT2D eigenvalue weighted by molar-refractivity contribution is 0.439. The number of nitrogen functional groups attached to an aromatic ring is 1. The topological polar surface area (TPSA) is 80.5 Å². The van der Waals surface area contributed by atoms with Crippen LogP contribution in [0.5, 0.6) is 0 Å². The molecular weight excluding hydrogens is 279 g/mol. The van der Waals surface area contributed by atoms with E-state index in [9.17, 15) is 17.0 Å². The largest absolute Gasteiger partial charge is 0.398 e. The number of anilines is 1. The maximum Gasteiger partial charge on any atom is 0.245 e. The van der Waals surface area contributed by atoms with Crippen LogP contribution in [0.2, 0.25) is 0 Å². The average molecular weight is 292 g/mol. The Bertz CT molecular complexity index is 579. The summed E-state index contributed by atoms with van der Waals surface area (Å²) >= 11 is 0. The van der Waals surface area contributed by atoms with Crippen molar-refractivity contribution in [3.8, 4) is 0 Å². The van der Waals surface area contributed by atoms with Gasteiger partial charge in [-0.15, -0.1) is 0 Å². The Morgan fingerprint density at radius 2 is 1.89 bits per heavy atom. The van der Waals surface area contributed by atoms with Crippen LogP contribution in [0.4, 0.5) is 10.1 Å². The summed E-state index contributed by atoms with van der Waals surface area (Å²) in [6.45, 7) is 0.400. The summed E-state index contributed by atoms with van der Waals surface area (Å²) in [6, 6.07) is 3.20. The second-order valence-corrected chi connectivity index (χ2v) is 7.54. The molecule has 1 saturated heterocycles. The Morgan fingerprint density at radius 3 is 2.44 bits per heavy atom. The standard InChI is InChI=1S/C10H13FN2O3S2/c11-8-1-2-10(9(12)7-8)18(15,16)13-3-5-17(14)6-4-13/h1-2,7H,3-6,12H2. The molecule has 0 unspecified atom stereocenters. The van der Waals surface area contributed by atoms with E-state index in [1.807, 2.05) is 0 Å². The van der Waals surface area contributed by atoms with Gasteiger partial charge in [0.05, 0.1) is 5.69 Å². The maximum atomic E-state index is 12.9. The molecule has 18 heavy (non-hydrogen) atoms. The first kappa shape index (κ1) is 13.4. The highest BCUT2D eigenvalue weighted by molar-refractivity contribution is 7.89. The van der Waals surface area contributed by atoms with Crippen molar-refractivity contribution in [2.45, 2.75) is 4.90 Å². The van der Waals surface area contributed by atoms with E-state index in [1.165, 1.54) is 4.31 Å². The normalized spacial score (nSPS) is 18.9. The summed E-state index contributed by atoms with van der Waals surface area (Å²) in [7, 11) is -4.68. The minimum atomic E-state index is -3.73. The van der Waals surface area contributed by atoms with Crippen molar-refractivity contribution in [2.24, 2.45) is 0 Å². The molecule has 1 heterocycles. The summed E-state index contributed by atoms with van der Waals surface area (Å²) < 4.78 is 49.8. The zero-order chi connectivity index (χ0) is 13.3. The number of nitrogens with zero attached hydrogens (tertiary/aromatic N) is 1. The lowest BCUT2D eigenvalue weighted by Gasteiger charge is -2.26. The third-order valence-electron chi connectivity index (χ3n) is 2.73. The minimum Gasteiger partial charge on any atom is -0.398 e. The Labute approximate surface area is 107 Å². The van der Waals surface area contributed by atoms with Crippen molar-refractivity contribution in [1.82, 2.24) is 4.31 Å².